The molecule has 35 heavy (non-hydrogen) atoms. The number of benzene rings is 1. The van der Waals surface area contributed by atoms with Crippen molar-refractivity contribution in [2.24, 2.45) is 0 Å². The first-order chi connectivity index (χ1) is 16.9. The van der Waals surface area contributed by atoms with Crippen LogP contribution in [0.5, 0.6) is 0 Å². The molecule has 0 saturated carbocycles. The van der Waals surface area contributed by atoms with Crippen LogP contribution in [0, 0.1) is 13.5 Å². The van der Waals surface area contributed by atoms with E-state index in [9.17, 15) is 9.59 Å². The van der Waals surface area contributed by atoms with Crippen molar-refractivity contribution in [3.8, 4) is 5.69 Å². The molecule has 1 aliphatic heterocycles. The monoisotopic (exact) mass is 472 g/mol. The number of ketones is 1. The number of carbonyl (C=O) groups is 2. The Hall–Kier alpha value is -3.50. The molecule has 4 rings (SSSR count). The molecule has 1 aliphatic rings. The smallest absolute Gasteiger partial charge is 0.306 e. The van der Waals surface area contributed by atoms with E-state index in [-0.39, 0.29) is 24.1 Å². The normalized spacial score (nSPS) is 15.0. The van der Waals surface area contributed by atoms with Gasteiger partial charge < -0.3 is 9.30 Å². The van der Waals surface area contributed by atoms with Gasteiger partial charge in [-0.05, 0) is 69.5 Å². The van der Waals surface area contributed by atoms with Gasteiger partial charge >= 0.3 is 5.97 Å². The fourth-order valence-corrected chi connectivity index (χ4v) is 4.90. The van der Waals surface area contributed by atoms with Crippen LogP contribution >= 0.6 is 0 Å². The van der Waals surface area contributed by atoms with Gasteiger partial charge in [0.1, 0.15) is 0 Å². The predicted molar refractivity (Wildman–Crippen MR) is 136 cm³/mol. The molecule has 182 valence electrons. The number of fused-ring (bicyclic) bond motifs is 1. The largest absolute Gasteiger partial charge is 0.466 e. The first kappa shape index (κ1) is 24.6. The highest BCUT2D eigenvalue weighted by molar-refractivity contribution is 6.09. The molecule has 0 bridgehead atoms. The van der Waals surface area contributed by atoms with Gasteiger partial charge in [0.25, 0.3) is 0 Å². The molecule has 0 radical (unpaired) electrons. The third-order valence-corrected chi connectivity index (χ3v) is 6.74. The van der Waals surface area contributed by atoms with Crippen LogP contribution in [0.15, 0.2) is 36.5 Å². The van der Waals surface area contributed by atoms with E-state index < -0.39 is 0 Å². The summed E-state index contributed by atoms with van der Waals surface area (Å²) in [6, 6.07) is 9.38. The van der Waals surface area contributed by atoms with Gasteiger partial charge in [0.15, 0.2) is 11.5 Å². The van der Waals surface area contributed by atoms with Crippen molar-refractivity contribution in [1.82, 2.24) is 14.5 Å². The summed E-state index contributed by atoms with van der Waals surface area (Å²) in [5.74, 6) is -0.240. The van der Waals surface area contributed by atoms with Crippen molar-refractivity contribution in [2.45, 2.75) is 52.4 Å². The number of Topliss-reactive ketones (excluding diaryl/α,β-unsaturated/α-hetero) is 1. The van der Waals surface area contributed by atoms with Crippen LogP contribution in [-0.2, 0) is 9.53 Å². The number of aromatic nitrogens is 2. The van der Waals surface area contributed by atoms with Gasteiger partial charge in [0.05, 0.1) is 42.7 Å². The summed E-state index contributed by atoms with van der Waals surface area (Å²) < 4.78 is 7.17. The van der Waals surface area contributed by atoms with Crippen LogP contribution in [0.2, 0.25) is 0 Å². The van der Waals surface area contributed by atoms with Crippen LogP contribution < -0.4 is 0 Å². The molecule has 0 aliphatic carbocycles. The van der Waals surface area contributed by atoms with Crippen LogP contribution in [0.4, 0.5) is 5.69 Å². The molecule has 1 atom stereocenters. The van der Waals surface area contributed by atoms with Crippen molar-refractivity contribution in [2.75, 3.05) is 26.2 Å². The standard InChI is InChI=1S/C28H32N4O3/c1-5-35-26(34)15-19(2)21-16-24-28(30-17-21)27(25(33)18-31-13-7-6-8-14-31)20(3)32(24)23-11-9-22(29-4)10-12-23/h9-12,16-17,19H,5-8,13-15,18H2,1-3H3/t19-/m0/s1. The van der Waals surface area contributed by atoms with E-state index in [2.05, 4.69) is 9.74 Å². The van der Waals surface area contributed by atoms with Crippen molar-refractivity contribution in [3.63, 3.8) is 0 Å². The average Bonchev–Trinajstić information content (AvgIpc) is 3.15. The molecule has 1 saturated heterocycles. The van der Waals surface area contributed by atoms with E-state index in [1.165, 1.54) is 6.42 Å². The Labute approximate surface area is 206 Å². The number of esters is 1. The molecule has 7 nitrogen and oxygen atoms in total. The summed E-state index contributed by atoms with van der Waals surface area (Å²) in [7, 11) is 0. The highest BCUT2D eigenvalue weighted by atomic mass is 16.5. The predicted octanol–water partition coefficient (Wildman–Crippen LogP) is 5.61. The number of piperidine rings is 1. The average molecular weight is 473 g/mol. The van der Waals surface area contributed by atoms with Crippen LogP contribution in [0.3, 0.4) is 0 Å². The van der Waals surface area contributed by atoms with E-state index in [0.717, 1.165) is 48.4 Å². The molecule has 3 heterocycles. The fourth-order valence-electron chi connectivity index (χ4n) is 4.90. The second-order valence-electron chi connectivity index (χ2n) is 9.23. The second-order valence-corrected chi connectivity index (χ2v) is 9.23. The number of likely N-dealkylation sites (tertiary alicyclic amines) is 1. The summed E-state index contributed by atoms with van der Waals surface area (Å²) in [6.07, 6.45) is 5.51. The highest BCUT2D eigenvalue weighted by Crippen LogP contribution is 2.32. The summed E-state index contributed by atoms with van der Waals surface area (Å²) in [5.41, 5.74) is 5.32. The lowest BCUT2D eigenvalue weighted by atomic mass is 9.99. The molecule has 1 aromatic carbocycles. The highest BCUT2D eigenvalue weighted by Gasteiger charge is 2.25. The fraction of sp³-hybridized carbons (Fsp3) is 0.429. The zero-order chi connectivity index (χ0) is 24.9. The molecule has 0 spiro atoms. The van der Waals surface area contributed by atoms with E-state index >= 15 is 0 Å². The number of ether oxygens (including phenoxy) is 1. The molecule has 7 heteroatoms. The maximum atomic E-state index is 13.5. The number of rotatable bonds is 8. The summed E-state index contributed by atoms with van der Waals surface area (Å²) in [6.45, 7) is 15.6. The van der Waals surface area contributed by atoms with Crippen molar-refractivity contribution in [1.29, 1.82) is 0 Å². The van der Waals surface area contributed by atoms with Gasteiger partial charge in [-0.1, -0.05) is 25.5 Å². The molecule has 2 aromatic heterocycles. The summed E-state index contributed by atoms with van der Waals surface area (Å²) >= 11 is 0. The van der Waals surface area contributed by atoms with Crippen LogP contribution in [0.25, 0.3) is 21.6 Å². The molecule has 0 amide bonds. The summed E-state index contributed by atoms with van der Waals surface area (Å²) in [5, 5.41) is 0. The Balaban J connectivity index is 1.78. The minimum absolute atomic E-state index is 0.0748. The van der Waals surface area contributed by atoms with E-state index in [0.29, 0.717) is 29.9 Å². The minimum Gasteiger partial charge on any atom is -0.466 e. The van der Waals surface area contributed by atoms with Gasteiger partial charge in [0.2, 0.25) is 0 Å². The Morgan fingerprint density at radius 3 is 2.54 bits per heavy atom. The molecule has 3 aromatic rings. The maximum absolute atomic E-state index is 13.5. The van der Waals surface area contributed by atoms with Crippen molar-refractivity contribution < 1.29 is 14.3 Å². The van der Waals surface area contributed by atoms with Crippen molar-refractivity contribution in [3.05, 3.63) is 64.8 Å². The lowest BCUT2D eigenvalue weighted by molar-refractivity contribution is -0.143. The SMILES string of the molecule is [C-]#[N+]c1ccc(-n2c(C)c(C(=O)CN3CCCCC3)c3ncc([C@@H](C)CC(=O)OCC)cc32)cc1. The lowest BCUT2D eigenvalue weighted by Crippen LogP contribution is -2.34. The summed E-state index contributed by atoms with van der Waals surface area (Å²) in [4.78, 5) is 36.1. The van der Waals surface area contributed by atoms with Crippen molar-refractivity contribution >= 4 is 28.5 Å². The Kier molecular flexibility index (Phi) is 7.62. The first-order valence-electron chi connectivity index (χ1n) is 12.3. The number of hydrogen-bond donors (Lipinski definition) is 0. The van der Waals surface area contributed by atoms with Crippen LogP contribution in [0.1, 0.15) is 67.1 Å². The van der Waals surface area contributed by atoms with E-state index in [1.54, 1.807) is 25.3 Å². The second kappa shape index (κ2) is 10.8. The Morgan fingerprint density at radius 2 is 1.89 bits per heavy atom. The Bertz CT molecular complexity index is 1260. The van der Waals surface area contributed by atoms with E-state index in [4.69, 9.17) is 16.3 Å². The quantitative estimate of drug-likeness (QED) is 0.242. The van der Waals surface area contributed by atoms with E-state index in [1.807, 2.05) is 36.6 Å². The molecular weight excluding hydrogens is 440 g/mol. The molecule has 0 N–H and O–H groups in total. The number of hydrogen-bond acceptors (Lipinski definition) is 5. The zero-order valence-corrected chi connectivity index (χ0v) is 20.7. The number of nitrogens with zero attached hydrogens (tertiary/aromatic N) is 4. The van der Waals surface area contributed by atoms with Gasteiger partial charge in [-0.25, -0.2) is 4.85 Å². The minimum atomic E-state index is -0.237. The van der Waals surface area contributed by atoms with Gasteiger partial charge in [-0.2, -0.15) is 0 Å². The lowest BCUT2D eigenvalue weighted by Gasteiger charge is -2.25. The molecule has 1 fully saturated rings. The molecular formula is C28H32N4O3. The first-order valence-corrected chi connectivity index (χ1v) is 12.3. The van der Waals surface area contributed by atoms with Crippen LogP contribution in [-0.4, -0.2) is 52.4 Å². The zero-order valence-electron chi connectivity index (χ0n) is 20.7. The van der Waals surface area contributed by atoms with Gasteiger partial charge in [-0.3, -0.25) is 19.5 Å². The van der Waals surface area contributed by atoms with Gasteiger partial charge in [0, 0.05) is 17.6 Å². The number of pyridine rings is 1. The third kappa shape index (κ3) is 5.28. The molecule has 0 unspecified atom stereocenters. The third-order valence-electron chi connectivity index (χ3n) is 6.74. The number of carbonyl (C=O) groups excluding carboxylic acids is 2. The maximum Gasteiger partial charge on any atom is 0.306 e. The van der Waals surface area contributed by atoms with Gasteiger partial charge in [-0.15, -0.1) is 0 Å². The topological polar surface area (TPSA) is 68.8 Å². The Morgan fingerprint density at radius 1 is 1.17 bits per heavy atom.